The maximum absolute atomic E-state index is 13.1. The quantitative estimate of drug-likeness (QED) is 0.0193. The second kappa shape index (κ2) is 26.1. The van der Waals surface area contributed by atoms with Crippen molar-refractivity contribution in [2.24, 2.45) is 0 Å². The third-order valence-electron chi connectivity index (χ3n) is 10.7. The van der Waals surface area contributed by atoms with Gasteiger partial charge in [-0.1, -0.05) is 13.2 Å². The zero-order chi connectivity index (χ0) is 48.1. The first-order chi connectivity index (χ1) is 33.1. The lowest BCUT2D eigenvalue weighted by atomic mass is 10.1. The molecule has 4 aromatic rings. The molecule has 2 heterocycles. The molecule has 16 heteroatoms. The molecule has 2 aliphatic heterocycles. The summed E-state index contributed by atoms with van der Waals surface area (Å²) in [5.74, 6) is -1.61. The summed E-state index contributed by atoms with van der Waals surface area (Å²) in [5, 5.41) is 0. The van der Waals surface area contributed by atoms with Gasteiger partial charge in [-0.25, -0.2) is 28.8 Å². The molecule has 0 radical (unpaired) electrons. The van der Waals surface area contributed by atoms with E-state index in [0.29, 0.717) is 49.1 Å². The van der Waals surface area contributed by atoms with Crippen molar-refractivity contribution in [2.45, 2.75) is 75.8 Å². The fourth-order valence-corrected chi connectivity index (χ4v) is 7.03. The number of unbranched alkanes of at least 4 members (excludes halogenated alkanes) is 6. The van der Waals surface area contributed by atoms with Crippen molar-refractivity contribution in [3.63, 3.8) is 0 Å². The first-order valence-electron chi connectivity index (χ1n) is 22.4. The first kappa shape index (κ1) is 50.1. The minimum absolute atomic E-state index is 0.0280. The number of carbonyl (C=O) groups is 6. The van der Waals surface area contributed by atoms with E-state index in [1.165, 1.54) is 48.5 Å². The van der Waals surface area contributed by atoms with E-state index in [1.807, 2.05) is 0 Å². The third-order valence-corrected chi connectivity index (χ3v) is 10.7. The highest BCUT2D eigenvalue weighted by molar-refractivity contribution is 5.93. The van der Waals surface area contributed by atoms with Crippen molar-refractivity contribution in [1.29, 1.82) is 0 Å². The largest absolute Gasteiger partial charge is 0.494 e. The summed E-state index contributed by atoms with van der Waals surface area (Å²) in [7, 11) is 0. The minimum atomic E-state index is -0.761. The molecule has 358 valence electrons. The summed E-state index contributed by atoms with van der Waals surface area (Å²) in [6.45, 7) is 8.52. The lowest BCUT2D eigenvalue weighted by Crippen LogP contribution is -2.36. The number of carbonyl (C=O) groups excluding carboxylic acids is 6. The van der Waals surface area contributed by atoms with Gasteiger partial charge < -0.3 is 47.4 Å². The van der Waals surface area contributed by atoms with Crippen molar-refractivity contribution in [2.75, 3.05) is 39.6 Å². The van der Waals surface area contributed by atoms with Crippen molar-refractivity contribution in [1.82, 2.24) is 0 Å². The Morgan fingerprint density at radius 3 is 1.07 bits per heavy atom. The third kappa shape index (κ3) is 15.4. The zero-order valence-electron chi connectivity index (χ0n) is 37.5. The molecule has 0 bridgehead atoms. The van der Waals surface area contributed by atoms with Crippen LogP contribution in [-0.4, -0.2) is 99.9 Å². The maximum Gasteiger partial charge on any atom is 0.343 e. The molecule has 2 fully saturated rings. The molecule has 0 saturated carbocycles. The number of benzene rings is 4. The predicted octanol–water partition coefficient (Wildman–Crippen LogP) is 8.01. The molecule has 0 amide bonds. The van der Waals surface area contributed by atoms with Crippen LogP contribution in [0.3, 0.4) is 0 Å². The summed E-state index contributed by atoms with van der Waals surface area (Å²) in [6.07, 6.45) is 6.26. The SMILES string of the molecule is C=CC(=O)OCCCCCCOc1ccc(C(=O)Oc2ccc(C(=O)O[C@H]3COC4C3OC[C@@H]4OC(=O)c3ccc(OC(=O)c4ccc(OCCCCCCOC(=O)C=C)cc4)cc3)cc2)cc1. The van der Waals surface area contributed by atoms with Crippen molar-refractivity contribution >= 4 is 35.8 Å². The number of fused-ring (bicyclic) bond motifs is 1. The van der Waals surface area contributed by atoms with E-state index in [9.17, 15) is 28.8 Å². The van der Waals surface area contributed by atoms with Crippen LogP contribution in [0.25, 0.3) is 0 Å². The number of hydrogen-bond acceptors (Lipinski definition) is 16. The van der Waals surface area contributed by atoms with Crippen molar-refractivity contribution < 1.29 is 76.1 Å². The van der Waals surface area contributed by atoms with Crippen LogP contribution >= 0.6 is 0 Å². The van der Waals surface area contributed by atoms with Crippen molar-refractivity contribution in [3.8, 4) is 23.0 Å². The average molecular weight is 935 g/mol. The fourth-order valence-electron chi connectivity index (χ4n) is 7.03. The molecule has 0 N–H and O–H groups in total. The molecule has 4 aromatic carbocycles. The Morgan fingerprint density at radius 1 is 0.426 bits per heavy atom. The minimum Gasteiger partial charge on any atom is -0.494 e. The smallest absolute Gasteiger partial charge is 0.343 e. The Balaban J connectivity index is 0.862. The summed E-state index contributed by atoms with van der Waals surface area (Å²) in [4.78, 5) is 73.9. The molecule has 2 saturated heterocycles. The standard InChI is InChI=1S/C52H54O16/c1-3-45(53)61-31-11-7-5-9-29-59-39-21-13-35(14-22-39)49(55)65-41-25-17-37(18-26-41)51(57)67-43-33-63-48-44(34-64-47(43)48)68-52(58)38-19-27-42(28-20-38)66-50(56)36-15-23-40(24-16-36)60-30-10-6-8-12-32-62-46(54)4-2/h3-4,13-28,43-44,47-48H,1-2,5-12,29-34H2/t43-,44-,47?,48?/m0/s1. The highest BCUT2D eigenvalue weighted by Gasteiger charge is 2.51. The average Bonchev–Trinajstić information content (AvgIpc) is 3.96. The Hall–Kier alpha value is -7.30. The Morgan fingerprint density at radius 2 is 0.735 bits per heavy atom. The van der Waals surface area contributed by atoms with Gasteiger partial charge in [-0.2, -0.15) is 0 Å². The molecule has 0 aliphatic carbocycles. The van der Waals surface area contributed by atoms with Gasteiger partial charge in [0.15, 0.2) is 12.2 Å². The molecule has 0 spiro atoms. The van der Waals surface area contributed by atoms with Crippen LogP contribution in [-0.2, 0) is 38.0 Å². The molecule has 68 heavy (non-hydrogen) atoms. The molecule has 6 rings (SSSR count). The van der Waals surface area contributed by atoms with Gasteiger partial charge in [0.05, 0.1) is 61.9 Å². The van der Waals surface area contributed by atoms with E-state index in [-0.39, 0.29) is 35.8 Å². The maximum atomic E-state index is 13.1. The van der Waals surface area contributed by atoms with E-state index in [2.05, 4.69) is 13.2 Å². The van der Waals surface area contributed by atoms with Gasteiger partial charge in [-0.05, 0) is 148 Å². The molecule has 4 atom stereocenters. The van der Waals surface area contributed by atoms with Crippen LogP contribution in [0, 0.1) is 0 Å². The van der Waals surface area contributed by atoms with Gasteiger partial charge in [0.25, 0.3) is 0 Å². The molecular weight excluding hydrogens is 881 g/mol. The van der Waals surface area contributed by atoms with Crippen LogP contribution in [0.5, 0.6) is 23.0 Å². The van der Waals surface area contributed by atoms with Gasteiger partial charge in [0.1, 0.15) is 35.2 Å². The van der Waals surface area contributed by atoms with Crippen LogP contribution in [0.15, 0.2) is 122 Å². The summed E-state index contributed by atoms with van der Waals surface area (Å²) < 4.78 is 55.6. The van der Waals surface area contributed by atoms with Gasteiger partial charge in [-0.3, -0.25) is 0 Å². The number of ether oxygens (including phenoxy) is 10. The molecule has 2 unspecified atom stereocenters. The van der Waals surface area contributed by atoms with Gasteiger partial charge in [0.2, 0.25) is 0 Å². The Labute approximate surface area is 394 Å². The predicted molar refractivity (Wildman–Crippen MR) is 244 cm³/mol. The fraction of sp³-hybridized carbons (Fsp3) is 0.346. The Kier molecular flexibility index (Phi) is 19.3. The van der Waals surface area contributed by atoms with Crippen LogP contribution in [0.1, 0.15) is 92.8 Å². The van der Waals surface area contributed by atoms with Crippen LogP contribution in [0.2, 0.25) is 0 Å². The van der Waals surface area contributed by atoms with E-state index in [0.717, 1.165) is 63.5 Å². The Bertz CT molecular complexity index is 2160. The molecule has 0 aromatic heterocycles. The highest BCUT2D eigenvalue weighted by Crippen LogP contribution is 2.32. The number of rotatable bonds is 26. The summed E-state index contributed by atoms with van der Waals surface area (Å²) >= 11 is 0. The van der Waals surface area contributed by atoms with E-state index in [1.54, 1.807) is 48.5 Å². The second-order valence-electron chi connectivity index (χ2n) is 15.6. The highest BCUT2D eigenvalue weighted by atomic mass is 16.7. The van der Waals surface area contributed by atoms with Crippen LogP contribution in [0.4, 0.5) is 0 Å². The number of hydrogen-bond donors (Lipinski definition) is 0. The number of esters is 6. The van der Waals surface area contributed by atoms with Crippen molar-refractivity contribution in [3.05, 3.63) is 145 Å². The topological polar surface area (TPSA) is 195 Å². The normalized spacial score (nSPS) is 16.9. The monoisotopic (exact) mass is 934 g/mol. The molecular formula is C52H54O16. The van der Waals surface area contributed by atoms with E-state index in [4.69, 9.17) is 47.4 Å². The van der Waals surface area contributed by atoms with E-state index >= 15 is 0 Å². The van der Waals surface area contributed by atoms with Crippen LogP contribution < -0.4 is 18.9 Å². The second-order valence-corrected chi connectivity index (χ2v) is 15.6. The van der Waals surface area contributed by atoms with Gasteiger partial charge >= 0.3 is 35.8 Å². The lowest BCUT2D eigenvalue weighted by Gasteiger charge is -2.17. The first-order valence-corrected chi connectivity index (χ1v) is 22.4. The zero-order valence-corrected chi connectivity index (χ0v) is 37.5. The van der Waals surface area contributed by atoms with Gasteiger partial charge in [0, 0.05) is 12.2 Å². The summed E-state index contributed by atoms with van der Waals surface area (Å²) in [5.41, 5.74) is 1.06. The van der Waals surface area contributed by atoms with Gasteiger partial charge in [-0.15, -0.1) is 0 Å². The van der Waals surface area contributed by atoms with E-state index < -0.39 is 60.2 Å². The molecule has 16 nitrogen and oxygen atoms in total. The summed E-state index contributed by atoms with van der Waals surface area (Å²) in [6, 6.07) is 25.0. The molecule has 2 aliphatic rings. The lowest BCUT2D eigenvalue weighted by molar-refractivity contribution is -0.138.